The maximum atomic E-state index is 13.1. The van der Waals surface area contributed by atoms with Gasteiger partial charge in [-0.2, -0.15) is 0 Å². The molecule has 1 aliphatic carbocycles. The number of allylic oxidation sites excluding steroid dienone is 2. The Morgan fingerprint density at radius 1 is 1.09 bits per heavy atom. The Morgan fingerprint density at radius 2 is 1.91 bits per heavy atom. The molecule has 2 amide bonds. The van der Waals surface area contributed by atoms with Gasteiger partial charge >= 0.3 is 0 Å². The summed E-state index contributed by atoms with van der Waals surface area (Å²) in [6.07, 6.45) is 5.79. The van der Waals surface area contributed by atoms with Gasteiger partial charge in [0.15, 0.2) is 0 Å². The molecule has 4 rings (SSSR count). The van der Waals surface area contributed by atoms with Crippen molar-refractivity contribution in [3.8, 4) is 0 Å². The van der Waals surface area contributed by atoms with Crippen LogP contribution in [0, 0.1) is 5.92 Å². The molecule has 6 nitrogen and oxygen atoms in total. The van der Waals surface area contributed by atoms with Gasteiger partial charge in [0, 0.05) is 18.2 Å². The van der Waals surface area contributed by atoms with Crippen molar-refractivity contribution in [3.63, 3.8) is 0 Å². The van der Waals surface area contributed by atoms with Crippen LogP contribution >= 0.6 is 11.3 Å². The highest BCUT2D eigenvalue weighted by Gasteiger charge is 2.32. The monoisotopic (exact) mass is 448 g/mol. The molecular formula is C25H28N4O2S. The third-order valence-electron chi connectivity index (χ3n) is 5.53. The smallest absolute Gasteiger partial charge is 0.238 e. The van der Waals surface area contributed by atoms with Crippen molar-refractivity contribution >= 4 is 39.1 Å². The minimum Gasteiger partial charge on any atom is -0.352 e. The van der Waals surface area contributed by atoms with Crippen molar-refractivity contribution < 1.29 is 9.59 Å². The summed E-state index contributed by atoms with van der Waals surface area (Å²) in [5.74, 6) is -0.0675. The number of hydrogen-bond donors (Lipinski definition) is 2. The number of aromatic nitrogens is 1. The first-order valence-electron chi connectivity index (χ1n) is 10.8. The molecule has 2 aromatic carbocycles. The lowest BCUT2D eigenvalue weighted by Gasteiger charge is -2.26. The molecule has 7 heteroatoms. The second kappa shape index (κ2) is 10.1. The van der Waals surface area contributed by atoms with E-state index < -0.39 is 0 Å². The van der Waals surface area contributed by atoms with Gasteiger partial charge < -0.3 is 15.5 Å². The fourth-order valence-electron chi connectivity index (χ4n) is 3.99. The van der Waals surface area contributed by atoms with Crippen LogP contribution in [0.4, 0.5) is 5.69 Å². The van der Waals surface area contributed by atoms with Crippen LogP contribution in [0.3, 0.4) is 0 Å². The van der Waals surface area contributed by atoms with Gasteiger partial charge in [-0.15, -0.1) is 11.3 Å². The van der Waals surface area contributed by atoms with E-state index in [2.05, 4.69) is 28.9 Å². The Morgan fingerprint density at radius 3 is 2.72 bits per heavy atom. The Hall–Kier alpha value is -3.03. The summed E-state index contributed by atoms with van der Waals surface area (Å²) in [5.41, 5.74) is 2.68. The summed E-state index contributed by atoms with van der Waals surface area (Å²) in [7, 11) is 3.71. The molecule has 32 heavy (non-hydrogen) atoms. The highest BCUT2D eigenvalue weighted by atomic mass is 32.1. The maximum Gasteiger partial charge on any atom is 0.238 e. The van der Waals surface area contributed by atoms with E-state index in [4.69, 9.17) is 4.98 Å². The number of carbonyl (C=O) groups excluding carboxylic acids is 2. The van der Waals surface area contributed by atoms with Crippen LogP contribution in [0.15, 0.2) is 60.7 Å². The predicted molar refractivity (Wildman–Crippen MR) is 130 cm³/mol. The van der Waals surface area contributed by atoms with Gasteiger partial charge in [0.1, 0.15) is 0 Å². The van der Waals surface area contributed by atoms with E-state index in [0.717, 1.165) is 32.9 Å². The number of fused-ring (bicyclic) bond motifs is 1. The van der Waals surface area contributed by atoms with E-state index in [1.54, 1.807) is 11.3 Å². The summed E-state index contributed by atoms with van der Waals surface area (Å²) >= 11 is 1.68. The number of carbonyl (C=O) groups is 2. The van der Waals surface area contributed by atoms with Crippen molar-refractivity contribution in [2.75, 3.05) is 26.0 Å². The SMILES string of the molecule is CN(C)CC(=O)Nc1cccc(CNC(=O)C2CC=CCC2c2nc3ccccc3s2)c1. The lowest BCUT2D eigenvalue weighted by molar-refractivity contribution is -0.126. The van der Waals surface area contributed by atoms with Gasteiger partial charge in [0.25, 0.3) is 0 Å². The van der Waals surface area contributed by atoms with Crippen LogP contribution in [0.1, 0.15) is 29.3 Å². The molecule has 0 saturated heterocycles. The van der Waals surface area contributed by atoms with E-state index in [1.807, 2.05) is 61.5 Å². The third-order valence-corrected chi connectivity index (χ3v) is 6.70. The van der Waals surface area contributed by atoms with E-state index in [1.165, 1.54) is 0 Å². The van der Waals surface area contributed by atoms with Crippen molar-refractivity contribution in [2.24, 2.45) is 5.92 Å². The van der Waals surface area contributed by atoms with E-state index in [9.17, 15) is 9.59 Å². The van der Waals surface area contributed by atoms with Crippen molar-refractivity contribution in [1.29, 1.82) is 0 Å². The fraction of sp³-hybridized carbons (Fsp3) is 0.320. The Bertz CT molecular complexity index is 1100. The molecule has 1 aliphatic rings. The predicted octanol–water partition coefficient (Wildman–Crippen LogP) is 4.16. The molecule has 0 spiro atoms. The van der Waals surface area contributed by atoms with Gasteiger partial charge in [-0.25, -0.2) is 4.98 Å². The Labute approximate surface area is 192 Å². The summed E-state index contributed by atoms with van der Waals surface area (Å²) < 4.78 is 1.16. The molecule has 2 unspecified atom stereocenters. The minimum absolute atomic E-state index is 0.0423. The number of amides is 2. The number of nitrogens with zero attached hydrogens (tertiary/aromatic N) is 2. The summed E-state index contributed by atoms with van der Waals surface area (Å²) in [4.78, 5) is 31.7. The lowest BCUT2D eigenvalue weighted by Crippen LogP contribution is -2.34. The average molecular weight is 449 g/mol. The summed E-state index contributed by atoms with van der Waals surface area (Å²) in [5, 5.41) is 7.02. The van der Waals surface area contributed by atoms with Gasteiger partial charge in [0.05, 0.1) is 27.7 Å². The molecule has 1 heterocycles. The molecule has 0 radical (unpaired) electrons. The van der Waals surface area contributed by atoms with Gasteiger partial charge in [-0.1, -0.05) is 36.4 Å². The van der Waals surface area contributed by atoms with Crippen molar-refractivity contribution in [2.45, 2.75) is 25.3 Å². The zero-order valence-corrected chi connectivity index (χ0v) is 19.2. The van der Waals surface area contributed by atoms with Crippen molar-refractivity contribution in [3.05, 3.63) is 71.3 Å². The number of thiazole rings is 1. The number of para-hydroxylation sites is 1. The summed E-state index contributed by atoms with van der Waals surface area (Å²) in [6.45, 7) is 0.742. The molecule has 2 atom stereocenters. The molecule has 0 aliphatic heterocycles. The number of rotatable bonds is 7. The van der Waals surface area contributed by atoms with E-state index in [-0.39, 0.29) is 23.7 Å². The Kier molecular flexibility index (Phi) is 6.97. The van der Waals surface area contributed by atoms with Gasteiger partial charge in [0.2, 0.25) is 11.8 Å². The molecule has 166 valence electrons. The van der Waals surface area contributed by atoms with Crippen LogP contribution in [-0.2, 0) is 16.1 Å². The fourth-order valence-corrected chi connectivity index (χ4v) is 5.14. The second-order valence-electron chi connectivity index (χ2n) is 8.38. The second-order valence-corrected chi connectivity index (χ2v) is 9.44. The van der Waals surface area contributed by atoms with Gasteiger partial charge in [-0.3, -0.25) is 9.59 Å². The molecule has 0 fully saturated rings. The average Bonchev–Trinajstić information content (AvgIpc) is 3.21. The molecule has 1 aromatic heterocycles. The maximum absolute atomic E-state index is 13.1. The molecule has 3 aromatic rings. The number of anilines is 1. The first kappa shape index (κ1) is 22.2. The Balaban J connectivity index is 1.41. The first-order valence-corrected chi connectivity index (χ1v) is 11.6. The number of benzene rings is 2. The van der Waals surface area contributed by atoms with Crippen molar-refractivity contribution in [1.82, 2.24) is 15.2 Å². The van der Waals surface area contributed by atoms with Crippen LogP contribution in [0.5, 0.6) is 0 Å². The van der Waals surface area contributed by atoms with Crippen LogP contribution in [0.25, 0.3) is 10.2 Å². The van der Waals surface area contributed by atoms with Crippen LogP contribution < -0.4 is 10.6 Å². The number of hydrogen-bond acceptors (Lipinski definition) is 5. The number of likely N-dealkylation sites (N-methyl/N-ethyl adjacent to an activating group) is 1. The van der Waals surface area contributed by atoms with E-state index in [0.29, 0.717) is 19.5 Å². The molecule has 0 bridgehead atoms. The normalized spacial score (nSPS) is 18.1. The third kappa shape index (κ3) is 5.41. The van der Waals surface area contributed by atoms with Gasteiger partial charge in [-0.05, 0) is 56.8 Å². The van der Waals surface area contributed by atoms with E-state index >= 15 is 0 Å². The highest BCUT2D eigenvalue weighted by molar-refractivity contribution is 7.18. The minimum atomic E-state index is -0.136. The largest absolute Gasteiger partial charge is 0.352 e. The highest BCUT2D eigenvalue weighted by Crippen LogP contribution is 2.38. The number of nitrogens with one attached hydrogen (secondary N) is 2. The lowest BCUT2D eigenvalue weighted by atomic mass is 9.82. The van der Waals surface area contributed by atoms with Crippen LogP contribution in [0.2, 0.25) is 0 Å². The standard InChI is InChI=1S/C25H28N4O2S/c1-29(2)16-23(30)27-18-9-7-8-17(14-18)15-26-24(31)19-10-3-4-11-20(19)25-28-21-12-5-6-13-22(21)32-25/h3-9,12-14,19-20H,10-11,15-16H2,1-2H3,(H,26,31)(H,27,30). The molecular weight excluding hydrogens is 420 g/mol. The topological polar surface area (TPSA) is 74.3 Å². The zero-order chi connectivity index (χ0) is 22.5. The first-order chi connectivity index (χ1) is 15.5. The summed E-state index contributed by atoms with van der Waals surface area (Å²) in [6, 6.07) is 15.7. The van der Waals surface area contributed by atoms with Crippen LogP contribution in [-0.4, -0.2) is 42.3 Å². The molecule has 2 N–H and O–H groups in total. The quantitative estimate of drug-likeness (QED) is 0.532. The zero-order valence-electron chi connectivity index (χ0n) is 18.4. The molecule has 0 saturated carbocycles.